The third kappa shape index (κ3) is 30.5. The van der Waals surface area contributed by atoms with Crippen LogP contribution in [0.3, 0.4) is 0 Å². The normalized spacial score (nSPS) is 20.8. The Hall–Kier alpha value is -3.12. The highest BCUT2D eigenvalue weighted by atomic mass is 16.7. The number of unbranched alkanes of at least 4 members (excludes halogenated alkanes) is 11. The maximum atomic E-state index is 12.8. The highest BCUT2D eigenvalue weighted by Gasteiger charge is 2.44. The monoisotopic (exact) mass is 829 g/mol. The summed E-state index contributed by atoms with van der Waals surface area (Å²) >= 11 is 0. The van der Waals surface area contributed by atoms with Gasteiger partial charge in [-0.15, -0.1) is 0 Å². The zero-order valence-electron chi connectivity index (χ0n) is 36.5. The predicted molar refractivity (Wildman–Crippen MR) is 237 cm³/mol. The Morgan fingerprint density at radius 3 is 1.46 bits per heavy atom. The minimum absolute atomic E-state index is 0.188. The molecule has 0 saturated carbocycles. The summed E-state index contributed by atoms with van der Waals surface area (Å²) in [5.41, 5.74) is 0. The number of aliphatic hydroxyl groups is 4. The Balaban J connectivity index is 2.40. The standard InChI is InChI=1S/C49H80O10/c1-3-5-7-9-11-13-15-17-19-21-23-25-27-29-31-33-35-37-44(51)56-40-42(41-57-49-48(55)47(54)46(53)43(39-50)59-49)58-45(52)38-36-34-32-30-28-26-24-22-20-18-16-14-12-10-8-6-4-2/h11-14,17-20,23-26,29,31,42-43,46-50,53-55H,3-10,15-16,21-22,27-28,30,32-41H2,1-2H3/b13-11+,14-12+,19-17+,20-18+,25-23+,26-24+,31-29+/t42-,43-,46+,47?,48?,49-/m0/s1. The second-order valence-corrected chi connectivity index (χ2v) is 15.1. The zero-order valence-corrected chi connectivity index (χ0v) is 36.5. The van der Waals surface area contributed by atoms with Gasteiger partial charge in [-0.2, -0.15) is 0 Å². The molecule has 1 rings (SSSR count). The lowest BCUT2D eigenvalue weighted by atomic mass is 9.99. The smallest absolute Gasteiger partial charge is 0.306 e. The van der Waals surface area contributed by atoms with Crippen LogP contribution >= 0.6 is 0 Å². The number of hydrogen-bond donors (Lipinski definition) is 4. The fraction of sp³-hybridized carbons (Fsp3) is 0.673. The first-order valence-electron chi connectivity index (χ1n) is 22.7. The van der Waals surface area contributed by atoms with Gasteiger partial charge in [-0.1, -0.05) is 137 Å². The summed E-state index contributed by atoms with van der Waals surface area (Å²) in [5, 5.41) is 40.1. The van der Waals surface area contributed by atoms with E-state index < -0.39 is 55.4 Å². The Morgan fingerprint density at radius 1 is 0.525 bits per heavy atom. The lowest BCUT2D eigenvalue weighted by Crippen LogP contribution is -2.59. The zero-order chi connectivity index (χ0) is 43.0. The van der Waals surface area contributed by atoms with E-state index in [9.17, 15) is 30.0 Å². The maximum absolute atomic E-state index is 12.8. The van der Waals surface area contributed by atoms with Gasteiger partial charge in [-0.3, -0.25) is 9.59 Å². The molecule has 336 valence electrons. The number of carbonyl (C=O) groups excluding carboxylic acids is 2. The first-order chi connectivity index (χ1) is 28.8. The van der Waals surface area contributed by atoms with Gasteiger partial charge in [0.25, 0.3) is 0 Å². The fourth-order valence-electron chi connectivity index (χ4n) is 6.13. The van der Waals surface area contributed by atoms with Crippen molar-refractivity contribution in [1.82, 2.24) is 0 Å². The largest absolute Gasteiger partial charge is 0.462 e. The topological polar surface area (TPSA) is 152 Å². The number of allylic oxidation sites excluding steroid dienone is 14. The van der Waals surface area contributed by atoms with Gasteiger partial charge in [0.1, 0.15) is 31.0 Å². The quantitative estimate of drug-likeness (QED) is 0.0273. The van der Waals surface area contributed by atoms with Crippen molar-refractivity contribution in [1.29, 1.82) is 0 Å². The van der Waals surface area contributed by atoms with Gasteiger partial charge in [0.2, 0.25) is 0 Å². The number of aliphatic hydroxyl groups excluding tert-OH is 4. The Kier molecular flexibility index (Phi) is 35.7. The molecule has 1 aliphatic heterocycles. The average molecular weight is 829 g/mol. The molecule has 0 aromatic heterocycles. The first-order valence-corrected chi connectivity index (χ1v) is 22.7. The van der Waals surface area contributed by atoms with Crippen LogP contribution in [0.5, 0.6) is 0 Å². The molecular weight excluding hydrogens is 749 g/mol. The average Bonchev–Trinajstić information content (AvgIpc) is 3.23. The fourth-order valence-corrected chi connectivity index (χ4v) is 6.13. The van der Waals surface area contributed by atoms with E-state index in [-0.39, 0.29) is 26.1 Å². The molecule has 2 unspecified atom stereocenters. The van der Waals surface area contributed by atoms with Gasteiger partial charge in [-0.05, 0) is 89.9 Å². The number of esters is 2. The van der Waals surface area contributed by atoms with Crippen molar-refractivity contribution in [3.8, 4) is 0 Å². The van der Waals surface area contributed by atoms with Gasteiger partial charge in [0.05, 0.1) is 13.2 Å². The van der Waals surface area contributed by atoms with Crippen molar-refractivity contribution in [2.24, 2.45) is 0 Å². The van der Waals surface area contributed by atoms with Crippen LogP contribution in [0.2, 0.25) is 0 Å². The van der Waals surface area contributed by atoms with E-state index in [2.05, 4.69) is 92.8 Å². The Morgan fingerprint density at radius 2 is 0.966 bits per heavy atom. The van der Waals surface area contributed by atoms with Crippen LogP contribution in [0.15, 0.2) is 85.1 Å². The summed E-state index contributed by atoms with van der Waals surface area (Å²) in [7, 11) is 0. The van der Waals surface area contributed by atoms with E-state index in [4.69, 9.17) is 18.9 Å². The summed E-state index contributed by atoms with van der Waals surface area (Å²) < 4.78 is 22.1. The van der Waals surface area contributed by atoms with E-state index in [0.717, 1.165) is 70.6 Å². The molecule has 0 aliphatic carbocycles. The molecule has 1 fully saturated rings. The molecule has 0 radical (unpaired) electrons. The molecule has 59 heavy (non-hydrogen) atoms. The van der Waals surface area contributed by atoms with Crippen molar-refractivity contribution in [3.05, 3.63) is 85.1 Å². The highest BCUT2D eigenvalue weighted by molar-refractivity contribution is 5.70. The van der Waals surface area contributed by atoms with Crippen molar-refractivity contribution in [2.45, 2.75) is 192 Å². The summed E-state index contributed by atoms with van der Waals surface area (Å²) in [5.74, 6) is -0.906. The molecule has 1 aliphatic rings. The number of rotatable bonds is 36. The number of ether oxygens (including phenoxy) is 4. The molecule has 0 amide bonds. The van der Waals surface area contributed by atoms with Gasteiger partial charge in [-0.25, -0.2) is 0 Å². The van der Waals surface area contributed by atoms with E-state index in [0.29, 0.717) is 12.8 Å². The van der Waals surface area contributed by atoms with Crippen LogP contribution in [-0.4, -0.2) is 89.0 Å². The first kappa shape index (κ1) is 53.9. The summed E-state index contributed by atoms with van der Waals surface area (Å²) in [6.07, 6.45) is 43.0. The van der Waals surface area contributed by atoms with E-state index >= 15 is 0 Å². The number of hydrogen-bond acceptors (Lipinski definition) is 10. The number of carbonyl (C=O) groups is 2. The maximum Gasteiger partial charge on any atom is 0.306 e. The minimum atomic E-state index is -1.61. The van der Waals surface area contributed by atoms with E-state index in [1.807, 2.05) is 6.08 Å². The molecular formula is C49H80O10. The van der Waals surface area contributed by atoms with E-state index in [1.54, 1.807) is 0 Å². The van der Waals surface area contributed by atoms with Crippen LogP contribution in [0.4, 0.5) is 0 Å². The molecule has 6 atom stereocenters. The molecule has 0 spiro atoms. The second-order valence-electron chi connectivity index (χ2n) is 15.1. The lowest BCUT2D eigenvalue weighted by Gasteiger charge is -2.39. The van der Waals surface area contributed by atoms with Gasteiger partial charge >= 0.3 is 11.9 Å². The van der Waals surface area contributed by atoms with Crippen LogP contribution < -0.4 is 0 Å². The third-order valence-electron chi connectivity index (χ3n) is 9.75. The molecule has 0 aromatic carbocycles. The SMILES string of the molecule is CCCCC/C=C/C/C=C/C/C=C/C/C=C/CCCC(=O)OC[C@@H](CO[C@H]1O[C@@H](CO)[C@@H](O)C(O)C1O)OC(=O)CCCCCC/C=C/C/C=C/C/C=C/CCCCC. The molecule has 10 heteroatoms. The van der Waals surface area contributed by atoms with Crippen molar-refractivity contribution < 1.29 is 49.0 Å². The van der Waals surface area contributed by atoms with Gasteiger partial charge in [0.15, 0.2) is 12.4 Å². The van der Waals surface area contributed by atoms with Gasteiger partial charge in [0, 0.05) is 12.8 Å². The van der Waals surface area contributed by atoms with Crippen LogP contribution in [-0.2, 0) is 28.5 Å². The van der Waals surface area contributed by atoms with Crippen molar-refractivity contribution in [3.63, 3.8) is 0 Å². The van der Waals surface area contributed by atoms with Crippen LogP contribution in [0.1, 0.15) is 155 Å². The van der Waals surface area contributed by atoms with E-state index in [1.165, 1.54) is 44.9 Å². The molecule has 4 N–H and O–H groups in total. The summed E-state index contributed by atoms with van der Waals surface area (Å²) in [6, 6.07) is 0. The van der Waals surface area contributed by atoms with Gasteiger partial charge < -0.3 is 39.4 Å². The van der Waals surface area contributed by atoms with Crippen molar-refractivity contribution in [2.75, 3.05) is 19.8 Å². The van der Waals surface area contributed by atoms with Crippen molar-refractivity contribution >= 4 is 11.9 Å². The van der Waals surface area contributed by atoms with Crippen LogP contribution in [0, 0.1) is 0 Å². The Bertz CT molecular complexity index is 1230. The minimum Gasteiger partial charge on any atom is -0.462 e. The Labute approximate surface area is 356 Å². The highest BCUT2D eigenvalue weighted by Crippen LogP contribution is 2.22. The molecule has 1 saturated heterocycles. The lowest BCUT2D eigenvalue weighted by molar-refractivity contribution is -0.305. The molecule has 0 aromatic rings. The molecule has 0 bridgehead atoms. The second kappa shape index (κ2) is 39.0. The molecule has 1 heterocycles. The third-order valence-corrected chi connectivity index (χ3v) is 9.75. The summed E-state index contributed by atoms with van der Waals surface area (Å²) in [6.45, 7) is 3.27. The summed E-state index contributed by atoms with van der Waals surface area (Å²) in [4.78, 5) is 25.3. The molecule has 10 nitrogen and oxygen atoms in total. The van der Waals surface area contributed by atoms with Crippen LogP contribution in [0.25, 0.3) is 0 Å². The predicted octanol–water partition coefficient (Wildman–Crippen LogP) is 9.77.